The molecular weight excluding hydrogens is 217 g/mol. The molecule has 0 aromatic heterocycles. The predicted molar refractivity (Wildman–Crippen MR) is 64.1 cm³/mol. The van der Waals surface area contributed by atoms with E-state index in [-0.39, 0.29) is 17.6 Å². The summed E-state index contributed by atoms with van der Waals surface area (Å²) in [6.07, 6.45) is 6.81. The molecule has 0 bridgehead atoms. The van der Waals surface area contributed by atoms with Crippen LogP contribution in [-0.4, -0.2) is 41.1 Å². The average Bonchev–Trinajstić information content (AvgIpc) is 2.72. The van der Waals surface area contributed by atoms with Gasteiger partial charge in [-0.25, -0.2) is 0 Å². The summed E-state index contributed by atoms with van der Waals surface area (Å²) in [6, 6.07) is 0. The van der Waals surface area contributed by atoms with E-state index in [9.17, 15) is 4.79 Å². The Bertz CT molecular complexity index is 328. The fraction of sp³-hybridized carbons (Fsp3) is 0.917. The van der Waals surface area contributed by atoms with Crippen molar-refractivity contribution in [1.82, 2.24) is 4.90 Å². The van der Waals surface area contributed by atoms with Crippen molar-refractivity contribution in [2.45, 2.75) is 44.3 Å². The smallest absolute Gasteiger partial charge is 0.427 e. The maximum absolute atomic E-state index is 12.3. The molecule has 1 spiro atoms. The third-order valence-electron chi connectivity index (χ3n) is 5.05. The Morgan fingerprint density at radius 3 is 2.59 bits per heavy atom. The lowest BCUT2D eigenvalue weighted by molar-refractivity contribution is -0.132. The van der Waals surface area contributed by atoms with Gasteiger partial charge in [0.1, 0.15) is 0 Å². The van der Waals surface area contributed by atoms with Gasteiger partial charge in [0.15, 0.2) is 0 Å². The van der Waals surface area contributed by atoms with Gasteiger partial charge >= 0.3 is 7.12 Å². The van der Waals surface area contributed by atoms with Crippen molar-refractivity contribution in [1.29, 1.82) is 0 Å². The Morgan fingerprint density at radius 1 is 1.29 bits per heavy atom. The number of amides is 1. The van der Waals surface area contributed by atoms with Gasteiger partial charge in [-0.05, 0) is 31.1 Å². The highest BCUT2D eigenvalue weighted by Gasteiger charge is 2.59. The van der Waals surface area contributed by atoms with Gasteiger partial charge in [-0.3, -0.25) is 4.79 Å². The summed E-state index contributed by atoms with van der Waals surface area (Å²) in [6.45, 7) is 1.23. The van der Waals surface area contributed by atoms with E-state index in [1.165, 1.54) is 25.7 Å². The number of carbonyl (C=O) groups is 1. The highest BCUT2D eigenvalue weighted by Crippen LogP contribution is 2.63. The third kappa shape index (κ3) is 1.89. The fourth-order valence-electron chi connectivity index (χ4n) is 3.78. The quantitative estimate of drug-likeness (QED) is 0.693. The molecule has 2 aliphatic carbocycles. The number of hydrogen-bond acceptors (Lipinski definition) is 3. The molecule has 3 aliphatic rings. The topological polar surface area (TPSA) is 60.8 Å². The summed E-state index contributed by atoms with van der Waals surface area (Å²) in [5.41, 5.74) is 0.354. The van der Waals surface area contributed by atoms with Gasteiger partial charge in [0.2, 0.25) is 5.91 Å². The molecule has 1 saturated heterocycles. The Kier molecular flexibility index (Phi) is 2.71. The van der Waals surface area contributed by atoms with E-state index in [0.29, 0.717) is 18.5 Å². The van der Waals surface area contributed by atoms with Gasteiger partial charge in [0.25, 0.3) is 0 Å². The Hall–Kier alpha value is -0.545. The average molecular weight is 237 g/mol. The first kappa shape index (κ1) is 11.5. The monoisotopic (exact) mass is 237 g/mol. The number of carbonyl (C=O) groups excluding carboxylic acids is 1. The standard InChI is InChI=1S/C12H20BNO3/c15-11(10-7-12(10)4-1-2-5-12)14-6-3-9(8-14)13(16)17/h9-10,16-17H,1-8H2. The number of likely N-dealkylation sites (tertiary alicyclic amines) is 1. The van der Waals surface area contributed by atoms with Crippen molar-refractivity contribution in [2.24, 2.45) is 11.3 Å². The van der Waals surface area contributed by atoms with Crippen molar-refractivity contribution in [3.8, 4) is 0 Å². The van der Waals surface area contributed by atoms with Crippen LogP contribution in [0.15, 0.2) is 0 Å². The molecule has 3 fully saturated rings. The molecule has 4 nitrogen and oxygen atoms in total. The van der Waals surface area contributed by atoms with Crippen molar-refractivity contribution in [3.05, 3.63) is 0 Å². The van der Waals surface area contributed by atoms with Crippen LogP contribution in [0.4, 0.5) is 0 Å². The van der Waals surface area contributed by atoms with E-state index in [1.54, 1.807) is 0 Å². The third-order valence-corrected chi connectivity index (χ3v) is 5.05. The Morgan fingerprint density at radius 2 is 2.00 bits per heavy atom. The molecule has 1 heterocycles. The summed E-state index contributed by atoms with van der Waals surface area (Å²) in [5, 5.41) is 18.3. The van der Waals surface area contributed by atoms with Gasteiger partial charge in [-0.1, -0.05) is 12.8 Å². The summed E-state index contributed by atoms with van der Waals surface area (Å²) < 4.78 is 0. The first-order valence-electron chi connectivity index (χ1n) is 6.77. The molecule has 2 atom stereocenters. The Balaban J connectivity index is 1.58. The van der Waals surface area contributed by atoms with Gasteiger partial charge < -0.3 is 14.9 Å². The zero-order valence-corrected chi connectivity index (χ0v) is 10.1. The van der Waals surface area contributed by atoms with Crippen molar-refractivity contribution < 1.29 is 14.8 Å². The van der Waals surface area contributed by atoms with Crippen LogP contribution in [0, 0.1) is 11.3 Å². The molecule has 2 unspecified atom stereocenters. The largest absolute Gasteiger partial charge is 0.456 e. The molecule has 94 valence electrons. The van der Waals surface area contributed by atoms with E-state index < -0.39 is 7.12 Å². The van der Waals surface area contributed by atoms with E-state index in [1.807, 2.05) is 4.90 Å². The van der Waals surface area contributed by atoms with Gasteiger partial charge in [-0.2, -0.15) is 0 Å². The zero-order valence-electron chi connectivity index (χ0n) is 10.1. The van der Waals surface area contributed by atoms with Crippen molar-refractivity contribution in [2.75, 3.05) is 13.1 Å². The SMILES string of the molecule is O=C(C1CC12CCCC2)N1CCC(B(O)O)C1. The summed E-state index contributed by atoms with van der Waals surface area (Å²) >= 11 is 0. The number of hydrogen-bond donors (Lipinski definition) is 2. The van der Waals surface area contributed by atoms with Gasteiger partial charge in [0, 0.05) is 24.8 Å². The van der Waals surface area contributed by atoms with E-state index in [2.05, 4.69) is 0 Å². The normalized spacial score (nSPS) is 34.4. The molecule has 1 aliphatic heterocycles. The van der Waals surface area contributed by atoms with Crippen LogP contribution in [0.3, 0.4) is 0 Å². The van der Waals surface area contributed by atoms with Crippen molar-refractivity contribution in [3.63, 3.8) is 0 Å². The molecule has 1 amide bonds. The molecular formula is C12H20BNO3. The second-order valence-electron chi connectivity index (χ2n) is 6.07. The first-order chi connectivity index (χ1) is 8.12. The molecule has 2 N–H and O–H groups in total. The molecule has 0 aromatic carbocycles. The van der Waals surface area contributed by atoms with Crippen LogP contribution in [0.2, 0.25) is 5.82 Å². The van der Waals surface area contributed by atoms with Crippen LogP contribution < -0.4 is 0 Å². The molecule has 2 saturated carbocycles. The minimum atomic E-state index is -1.27. The van der Waals surface area contributed by atoms with Gasteiger partial charge in [0.05, 0.1) is 0 Å². The molecule has 0 aromatic rings. The summed E-state index contributed by atoms with van der Waals surface area (Å²) in [7, 11) is -1.27. The molecule has 0 radical (unpaired) electrons. The highest BCUT2D eigenvalue weighted by molar-refractivity contribution is 6.43. The second-order valence-corrected chi connectivity index (χ2v) is 6.07. The number of nitrogens with zero attached hydrogens (tertiary/aromatic N) is 1. The summed E-state index contributed by atoms with van der Waals surface area (Å²) in [5.74, 6) is 0.381. The molecule has 17 heavy (non-hydrogen) atoms. The molecule has 5 heteroatoms. The maximum Gasteiger partial charge on any atom is 0.456 e. The van der Waals surface area contributed by atoms with E-state index in [0.717, 1.165) is 12.8 Å². The first-order valence-corrected chi connectivity index (χ1v) is 6.77. The fourth-order valence-corrected chi connectivity index (χ4v) is 3.78. The van der Waals surface area contributed by atoms with Crippen molar-refractivity contribution >= 4 is 13.0 Å². The number of rotatable bonds is 2. The summed E-state index contributed by atoms with van der Waals surface area (Å²) in [4.78, 5) is 14.1. The van der Waals surface area contributed by atoms with E-state index >= 15 is 0 Å². The van der Waals surface area contributed by atoms with Crippen LogP contribution in [0.1, 0.15) is 38.5 Å². The lowest BCUT2D eigenvalue weighted by Gasteiger charge is -2.18. The van der Waals surface area contributed by atoms with Crippen LogP contribution in [0.25, 0.3) is 0 Å². The maximum atomic E-state index is 12.3. The van der Waals surface area contributed by atoms with E-state index in [4.69, 9.17) is 10.0 Å². The molecule has 3 rings (SSSR count). The Labute approximate surface area is 102 Å². The second kappa shape index (κ2) is 3.99. The zero-order chi connectivity index (χ0) is 12.0. The highest BCUT2D eigenvalue weighted by atomic mass is 16.4. The van der Waals surface area contributed by atoms with Crippen LogP contribution >= 0.6 is 0 Å². The van der Waals surface area contributed by atoms with Crippen LogP contribution in [0.5, 0.6) is 0 Å². The lowest BCUT2D eigenvalue weighted by atomic mass is 9.72. The van der Waals surface area contributed by atoms with Crippen LogP contribution in [-0.2, 0) is 4.79 Å². The minimum Gasteiger partial charge on any atom is -0.427 e. The van der Waals surface area contributed by atoms with Gasteiger partial charge in [-0.15, -0.1) is 0 Å². The predicted octanol–water partition coefficient (Wildman–Crippen LogP) is 0.642. The lowest BCUT2D eigenvalue weighted by Crippen LogP contribution is -2.32. The minimum absolute atomic E-state index is 0.141.